The van der Waals surface area contributed by atoms with Crippen molar-refractivity contribution < 1.29 is 22.5 Å². The number of allylic oxidation sites excluding steroid dienone is 1. The van der Waals surface area contributed by atoms with Crippen LogP contribution in [0.25, 0.3) is 0 Å². The summed E-state index contributed by atoms with van der Waals surface area (Å²) >= 11 is 0. The predicted molar refractivity (Wildman–Crippen MR) is 91.2 cm³/mol. The summed E-state index contributed by atoms with van der Waals surface area (Å²) in [6.07, 6.45) is 4.58. The lowest BCUT2D eigenvalue weighted by Crippen LogP contribution is -2.52. The number of carbonyl (C=O) groups excluding carboxylic acids is 2. The number of fused-ring (bicyclic) bond motifs is 5. The maximum absolute atomic E-state index is 12.6. The number of aliphatic hydroxyl groups excluding tert-OH is 1. The van der Waals surface area contributed by atoms with Crippen LogP contribution in [0, 0.1) is 34.5 Å². The molecule has 0 saturated heterocycles. The van der Waals surface area contributed by atoms with E-state index in [4.69, 9.17) is 2.74 Å². The topological polar surface area (TPSA) is 77.4 Å². The third-order valence-electron chi connectivity index (χ3n) is 8.03. The lowest BCUT2D eigenvalue weighted by atomic mass is 9.46. The standard InChI is InChI=1S/C21H30O4/c1-20-8-7-16-14(15(20)5-6-18(20)23)4-3-13-10-17(22)12(9-19(24)25)11-21(13,16)2/h10,12,14-16,18,23H,3-9,11H2,1-2H3,(H,24,25)/p-1/t12?,14-,15-,16-,18-,20-,21-/m0/s1/i11T,12T,19+2/t11?,12?,14-,15-,16-,18-,20-,21-. The summed E-state index contributed by atoms with van der Waals surface area (Å²) in [4.78, 5) is 23.8. The Kier molecular flexibility index (Phi) is 3.39. The first kappa shape index (κ1) is 15.0. The Morgan fingerprint density at radius 2 is 2.12 bits per heavy atom. The van der Waals surface area contributed by atoms with Gasteiger partial charge in [0.15, 0.2) is 5.78 Å². The van der Waals surface area contributed by atoms with Crippen molar-refractivity contribution >= 4 is 11.8 Å². The van der Waals surface area contributed by atoms with Crippen LogP contribution in [0.2, 0.25) is 0 Å². The molecule has 8 atom stereocenters. The zero-order valence-electron chi connectivity index (χ0n) is 17.1. The average molecular weight is 351 g/mol. The van der Waals surface area contributed by atoms with Crippen molar-refractivity contribution in [1.29, 1.82) is 0 Å². The van der Waals surface area contributed by atoms with Crippen LogP contribution in [-0.2, 0) is 9.59 Å². The van der Waals surface area contributed by atoms with Crippen molar-refractivity contribution in [2.75, 3.05) is 0 Å². The molecule has 3 fully saturated rings. The Hall–Kier alpha value is -1.16. The van der Waals surface area contributed by atoms with Gasteiger partial charge in [0, 0.05) is 14.6 Å². The molecule has 0 bridgehead atoms. The maximum atomic E-state index is 12.6. The lowest BCUT2D eigenvalue weighted by Gasteiger charge is -2.58. The lowest BCUT2D eigenvalue weighted by molar-refractivity contribution is -0.306. The monoisotopic (exact) mass is 351 g/mol. The van der Waals surface area contributed by atoms with Gasteiger partial charge in [-0.1, -0.05) is 19.4 Å². The van der Waals surface area contributed by atoms with Crippen LogP contribution >= 0.6 is 0 Å². The summed E-state index contributed by atoms with van der Waals surface area (Å²) in [7, 11) is 0. The smallest absolute Gasteiger partial charge is 0.159 e. The van der Waals surface area contributed by atoms with Crippen LogP contribution in [0.1, 0.15) is 67.9 Å². The molecule has 4 aliphatic carbocycles. The van der Waals surface area contributed by atoms with E-state index in [1.165, 1.54) is 6.08 Å². The van der Waals surface area contributed by atoms with Crippen molar-refractivity contribution in [1.82, 2.24) is 0 Å². The van der Waals surface area contributed by atoms with Gasteiger partial charge in [0.1, 0.15) is 0 Å². The summed E-state index contributed by atoms with van der Waals surface area (Å²) in [6, 6.07) is 0. The highest BCUT2D eigenvalue weighted by Gasteiger charge is 2.59. The van der Waals surface area contributed by atoms with Gasteiger partial charge in [-0.3, -0.25) is 4.79 Å². The number of aliphatic carboxylic acids is 1. The molecule has 2 unspecified atom stereocenters. The van der Waals surface area contributed by atoms with Gasteiger partial charge in [-0.2, -0.15) is 0 Å². The van der Waals surface area contributed by atoms with Crippen molar-refractivity contribution in [3.8, 4) is 0 Å². The van der Waals surface area contributed by atoms with Crippen LogP contribution < -0.4 is 5.11 Å². The zero-order chi connectivity index (χ0) is 19.8. The molecule has 0 radical (unpaired) electrons. The highest BCUT2D eigenvalue weighted by molar-refractivity contribution is 5.95. The number of carboxylic acid groups (broad SMARTS) is 1. The van der Waals surface area contributed by atoms with Gasteiger partial charge < -0.3 is 15.0 Å². The normalized spacial score (nSPS) is 56.0. The first-order chi connectivity index (χ1) is 12.5. The Morgan fingerprint density at radius 1 is 1.36 bits per heavy atom. The molecule has 0 aromatic heterocycles. The van der Waals surface area contributed by atoms with Gasteiger partial charge in [0.2, 0.25) is 0 Å². The highest BCUT2D eigenvalue weighted by atomic mass is 16.6. The van der Waals surface area contributed by atoms with Gasteiger partial charge in [0.05, 0.1) is 6.10 Å². The van der Waals surface area contributed by atoms with Crippen molar-refractivity contribution in [2.24, 2.45) is 34.5 Å². The number of hydrogen-bond acceptors (Lipinski definition) is 4. The van der Waals surface area contributed by atoms with Gasteiger partial charge in [0.25, 0.3) is 0 Å². The van der Waals surface area contributed by atoms with Gasteiger partial charge in [-0.05, 0) is 86.0 Å². The number of carbonyl (C=O) groups is 2. The molecule has 0 aliphatic heterocycles. The molecule has 4 aliphatic rings. The molecule has 138 valence electrons. The van der Waals surface area contributed by atoms with Crippen LogP contribution in [0.15, 0.2) is 11.6 Å². The zero-order valence-corrected chi connectivity index (χ0v) is 15.1. The van der Waals surface area contributed by atoms with Gasteiger partial charge >= 0.3 is 0 Å². The first-order valence-corrected chi connectivity index (χ1v) is 9.61. The third kappa shape index (κ3) is 2.43. The minimum atomic E-state index is -1.98. The summed E-state index contributed by atoms with van der Waals surface area (Å²) in [5.74, 6) is -3.07. The predicted octanol–water partition coefficient (Wildman–Crippen LogP) is 2.25. The second kappa shape index (κ2) is 5.67. The number of ketones is 1. The minimum absolute atomic E-state index is 0.0796. The molecule has 0 aromatic rings. The van der Waals surface area contributed by atoms with E-state index in [0.29, 0.717) is 11.8 Å². The van der Waals surface area contributed by atoms with Crippen molar-refractivity contribution in [3.63, 3.8) is 0 Å². The maximum Gasteiger partial charge on any atom is 0.159 e. The number of hydrogen-bond donors (Lipinski definition) is 1. The van der Waals surface area contributed by atoms with E-state index < -0.39 is 35.9 Å². The molecule has 4 rings (SSSR count). The number of rotatable bonds is 2. The Morgan fingerprint density at radius 3 is 2.84 bits per heavy atom. The fourth-order valence-electron chi connectivity index (χ4n) is 6.64. The summed E-state index contributed by atoms with van der Waals surface area (Å²) < 4.78 is 17.5. The molecular weight excluding hydrogens is 318 g/mol. The number of aliphatic hydroxyl groups is 1. The molecule has 0 spiro atoms. The van der Waals surface area contributed by atoms with E-state index in [1.807, 2.05) is 6.92 Å². The second-order valence-electron chi connectivity index (χ2n) is 9.09. The molecule has 1 N–H and O–H groups in total. The highest BCUT2D eigenvalue weighted by Crippen LogP contribution is 2.65. The minimum Gasteiger partial charge on any atom is -0.550 e. The van der Waals surface area contributed by atoms with Gasteiger partial charge in [-0.15, -0.1) is 0 Å². The molecule has 0 aromatic carbocycles. The third-order valence-corrected chi connectivity index (χ3v) is 8.03. The van der Waals surface area contributed by atoms with E-state index in [1.54, 1.807) is 0 Å². The summed E-state index contributed by atoms with van der Waals surface area (Å²) in [5, 5.41) is 21.8. The number of carboxylic acids is 1. The van der Waals surface area contributed by atoms with E-state index in [9.17, 15) is 19.8 Å². The molecule has 0 heterocycles. The SMILES string of the molecule is [3H]C1C([3H])(C[14C](=O)[O-])C(=O)C=C2CC[C@H]3[C@@H]4CC[C@H](O)[C@@]4(C)CC[C@@H]3[C@]21C. The quantitative estimate of drug-likeness (QED) is 0.828. The summed E-state index contributed by atoms with van der Waals surface area (Å²) in [5.41, 5.74) is 0.185. The Labute approximate surface area is 152 Å². The fourth-order valence-corrected chi connectivity index (χ4v) is 6.64. The Balaban J connectivity index is 1.75. The Bertz CT molecular complexity index is 721. The molecule has 0 amide bonds. The van der Waals surface area contributed by atoms with E-state index >= 15 is 0 Å². The van der Waals surface area contributed by atoms with Crippen LogP contribution in [0.4, 0.5) is 0 Å². The van der Waals surface area contributed by atoms with Crippen molar-refractivity contribution in [2.45, 2.75) is 71.3 Å². The second-order valence-corrected chi connectivity index (χ2v) is 9.09. The van der Waals surface area contributed by atoms with E-state index in [2.05, 4.69) is 6.92 Å². The van der Waals surface area contributed by atoms with Crippen molar-refractivity contribution in [3.05, 3.63) is 11.6 Å². The molecular formula is C21H29O4-. The molecule has 4 nitrogen and oxygen atoms in total. The van der Waals surface area contributed by atoms with Crippen LogP contribution in [-0.4, -0.2) is 23.0 Å². The largest absolute Gasteiger partial charge is 0.550 e. The van der Waals surface area contributed by atoms with Crippen LogP contribution in [0.5, 0.6) is 0 Å². The fraction of sp³-hybridized carbons (Fsp3) is 0.810. The van der Waals surface area contributed by atoms with Crippen LogP contribution in [0.3, 0.4) is 0 Å². The molecule has 3 saturated carbocycles. The molecule has 25 heavy (non-hydrogen) atoms. The van der Waals surface area contributed by atoms with Gasteiger partial charge in [-0.25, -0.2) is 0 Å². The van der Waals surface area contributed by atoms with E-state index in [0.717, 1.165) is 44.1 Å². The summed E-state index contributed by atoms with van der Waals surface area (Å²) in [6.45, 7) is 4.17. The first-order valence-electron chi connectivity index (χ1n) is 10.7. The average Bonchev–Trinajstić information content (AvgIpc) is 2.90. The molecule has 4 heteroatoms. The van der Waals surface area contributed by atoms with E-state index in [-0.39, 0.29) is 17.4 Å².